The molecule has 106 valence electrons. The van der Waals surface area contributed by atoms with Crippen LogP contribution in [0.15, 0.2) is 24.3 Å². The van der Waals surface area contributed by atoms with Gasteiger partial charge < -0.3 is 9.64 Å². The van der Waals surface area contributed by atoms with Crippen LogP contribution in [0.5, 0.6) is 6.01 Å². The van der Waals surface area contributed by atoms with Crippen molar-refractivity contribution in [3.8, 4) is 6.01 Å². The highest BCUT2D eigenvalue weighted by Gasteiger charge is 2.14. The molecule has 0 amide bonds. The molecule has 0 aliphatic rings. The van der Waals surface area contributed by atoms with Gasteiger partial charge in [0.2, 0.25) is 11.9 Å². The topological polar surface area (TPSA) is 89.2 Å². The van der Waals surface area contributed by atoms with Crippen molar-refractivity contribution in [2.24, 2.45) is 5.84 Å². The number of benzene rings is 1. The third-order valence-corrected chi connectivity index (χ3v) is 2.79. The van der Waals surface area contributed by atoms with Crippen LogP contribution in [0.1, 0.15) is 12.5 Å². The SMILES string of the molecule is CCN(c1cccc(C)c1)c1nc(NN)nc(OC)n1. The number of hydrogen-bond donors (Lipinski definition) is 2. The molecule has 3 N–H and O–H groups in total. The molecular formula is C13H18N6O. The lowest BCUT2D eigenvalue weighted by atomic mass is 10.2. The van der Waals surface area contributed by atoms with E-state index in [2.05, 4.69) is 26.4 Å². The first kappa shape index (κ1) is 14.0. The molecule has 7 heteroatoms. The molecule has 2 rings (SSSR count). The summed E-state index contributed by atoms with van der Waals surface area (Å²) in [5.41, 5.74) is 4.58. The second kappa shape index (κ2) is 6.16. The van der Waals surface area contributed by atoms with Gasteiger partial charge in [-0.15, -0.1) is 0 Å². The molecule has 0 saturated heterocycles. The summed E-state index contributed by atoms with van der Waals surface area (Å²) in [7, 11) is 1.50. The van der Waals surface area contributed by atoms with Gasteiger partial charge in [-0.2, -0.15) is 15.0 Å². The van der Waals surface area contributed by atoms with Crippen LogP contribution in [0, 0.1) is 6.92 Å². The van der Waals surface area contributed by atoms with Gasteiger partial charge in [-0.05, 0) is 31.5 Å². The molecule has 0 fully saturated rings. The Bertz CT molecular complexity index is 567. The zero-order valence-corrected chi connectivity index (χ0v) is 11.8. The minimum atomic E-state index is 0.217. The number of rotatable bonds is 5. The Labute approximate surface area is 117 Å². The van der Waals surface area contributed by atoms with Crippen LogP contribution < -0.4 is 20.9 Å². The van der Waals surface area contributed by atoms with E-state index in [0.717, 1.165) is 5.69 Å². The monoisotopic (exact) mass is 274 g/mol. The van der Waals surface area contributed by atoms with E-state index in [-0.39, 0.29) is 12.0 Å². The summed E-state index contributed by atoms with van der Waals surface area (Å²) in [6, 6.07) is 8.32. The molecular weight excluding hydrogens is 256 g/mol. The van der Waals surface area contributed by atoms with Crippen LogP contribution >= 0.6 is 0 Å². The van der Waals surface area contributed by atoms with Crippen molar-refractivity contribution in [3.05, 3.63) is 29.8 Å². The maximum absolute atomic E-state index is 5.37. The summed E-state index contributed by atoms with van der Waals surface area (Å²) in [5, 5.41) is 0. The van der Waals surface area contributed by atoms with E-state index >= 15 is 0 Å². The fourth-order valence-electron chi connectivity index (χ4n) is 1.86. The van der Waals surface area contributed by atoms with Crippen LogP contribution in [0.3, 0.4) is 0 Å². The molecule has 0 aliphatic carbocycles. The van der Waals surface area contributed by atoms with Crippen LogP contribution in [-0.2, 0) is 0 Å². The highest BCUT2D eigenvalue weighted by Crippen LogP contribution is 2.24. The summed E-state index contributed by atoms with van der Waals surface area (Å²) in [6.45, 7) is 4.77. The van der Waals surface area contributed by atoms with Gasteiger partial charge in [-0.1, -0.05) is 12.1 Å². The summed E-state index contributed by atoms with van der Waals surface area (Å²) in [5.74, 6) is 6.12. The lowest BCUT2D eigenvalue weighted by molar-refractivity contribution is 0.379. The van der Waals surface area contributed by atoms with Crippen LogP contribution in [0.25, 0.3) is 0 Å². The van der Waals surface area contributed by atoms with Gasteiger partial charge in [0.05, 0.1) is 7.11 Å². The highest BCUT2D eigenvalue weighted by molar-refractivity contribution is 5.58. The highest BCUT2D eigenvalue weighted by atomic mass is 16.5. The van der Waals surface area contributed by atoms with Crippen molar-refractivity contribution in [2.75, 3.05) is 24.0 Å². The van der Waals surface area contributed by atoms with E-state index in [1.807, 2.05) is 36.9 Å². The van der Waals surface area contributed by atoms with E-state index in [1.165, 1.54) is 12.7 Å². The van der Waals surface area contributed by atoms with Gasteiger partial charge in [0, 0.05) is 12.2 Å². The largest absolute Gasteiger partial charge is 0.467 e. The van der Waals surface area contributed by atoms with Gasteiger partial charge in [0.15, 0.2) is 0 Å². The Morgan fingerprint density at radius 1 is 1.30 bits per heavy atom. The predicted octanol–water partition coefficient (Wildman–Crippen LogP) is 1.63. The summed E-state index contributed by atoms with van der Waals surface area (Å²) >= 11 is 0. The summed E-state index contributed by atoms with van der Waals surface area (Å²) < 4.78 is 5.07. The van der Waals surface area contributed by atoms with E-state index in [0.29, 0.717) is 12.5 Å². The van der Waals surface area contributed by atoms with E-state index in [1.54, 1.807) is 0 Å². The zero-order chi connectivity index (χ0) is 14.5. The molecule has 0 spiro atoms. The van der Waals surface area contributed by atoms with Crippen molar-refractivity contribution in [3.63, 3.8) is 0 Å². The minimum Gasteiger partial charge on any atom is -0.467 e. The van der Waals surface area contributed by atoms with Crippen LogP contribution in [-0.4, -0.2) is 28.6 Å². The molecule has 0 saturated carbocycles. The molecule has 0 atom stereocenters. The number of aromatic nitrogens is 3. The number of hydrazine groups is 1. The van der Waals surface area contributed by atoms with Crippen LogP contribution in [0.2, 0.25) is 0 Å². The number of nitrogen functional groups attached to an aromatic ring is 1. The van der Waals surface area contributed by atoms with Crippen molar-refractivity contribution in [1.82, 2.24) is 15.0 Å². The molecule has 0 unspecified atom stereocenters. The number of hydrogen-bond acceptors (Lipinski definition) is 7. The maximum atomic E-state index is 5.37. The Kier molecular flexibility index (Phi) is 4.31. The van der Waals surface area contributed by atoms with Gasteiger partial charge >= 0.3 is 6.01 Å². The van der Waals surface area contributed by atoms with E-state index < -0.39 is 0 Å². The number of methoxy groups -OCH3 is 1. The smallest absolute Gasteiger partial charge is 0.322 e. The second-order valence-electron chi connectivity index (χ2n) is 4.17. The minimum absolute atomic E-state index is 0.217. The quantitative estimate of drug-likeness (QED) is 0.632. The molecule has 20 heavy (non-hydrogen) atoms. The van der Waals surface area contributed by atoms with Crippen molar-refractivity contribution in [2.45, 2.75) is 13.8 Å². The second-order valence-corrected chi connectivity index (χ2v) is 4.17. The molecule has 0 aliphatic heterocycles. The Hall–Kier alpha value is -2.41. The third-order valence-electron chi connectivity index (χ3n) is 2.79. The average Bonchev–Trinajstić information content (AvgIpc) is 2.47. The fourth-order valence-corrected chi connectivity index (χ4v) is 1.86. The molecule has 1 heterocycles. The van der Waals surface area contributed by atoms with Gasteiger partial charge in [-0.3, -0.25) is 5.43 Å². The molecule has 0 bridgehead atoms. The molecule has 1 aromatic heterocycles. The fraction of sp³-hybridized carbons (Fsp3) is 0.308. The van der Waals surface area contributed by atoms with Crippen molar-refractivity contribution in [1.29, 1.82) is 0 Å². The molecule has 0 radical (unpaired) electrons. The number of ether oxygens (including phenoxy) is 1. The van der Waals surface area contributed by atoms with Crippen LogP contribution in [0.4, 0.5) is 17.6 Å². The Morgan fingerprint density at radius 3 is 2.70 bits per heavy atom. The van der Waals surface area contributed by atoms with E-state index in [9.17, 15) is 0 Å². The number of anilines is 3. The lowest BCUT2D eigenvalue weighted by Gasteiger charge is -2.21. The van der Waals surface area contributed by atoms with Gasteiger partial charge in [0.1, 0.15) is 0 Å². The molecule has 7 nitrogen and oxygen atoms in total. The Morgan fingerprint density at radius 2 is 2.10 bits per heavy atom. The standard InChI is InChI=1S/C13H18N6O/c1-4-19(10-7-5-6-9(2)8-10)12-15-11(18-14)16-13(17-12)20-3/h5-8H,4,14H2,1-3H3,(H,15,16,17,18). The predicted molar refractivity (Wildman–Crippen MR) is 78.0 cm³/mol. The first-order valence-corrected chi connectivity index (χ1v) is 6.28. The maximum Gasteiger partial charge on any atom is 0.322 e. The lowest BCUT2D eigenvalue weighted by Crippen LogP contribution is -2.21. The zero-order valence-electron chi connectivity index (χ0n) is 11.8. The van der Waals surface area contributed by atoms with Gasteiger partial charge in [-0.25, -0.2) is 5.84 Å². The Balaban J connectivity index is 2.45. The number of nitrogens with two attached hydrogens (primary N) is 1. The first-order valence-electron chi connectivity index (χ1n) is 6.28. The molecule has 2 aromatic rings. The number of nitrogens with one attached hydrogen (secondary N) is 1. The van der Waals surface area contributed by atoms with E-state index in [4.69, 9.17) is 10.6 Å². The van der Waals surface area contributed by atoms with Crippen molar-refractivity contribution >= 4 is 17.6 Å². The number of aryl methyl sites for hydroxylation is 1. The number of nitrogens with zero attached hydrogens (tertiary/aromatic N) is 4. The summed E-state index contributed by atoms with van der Waals surface area (Å²) in [4.78, 5) is 14.5. The average molecular weight is 274 g/mol. The molecule has 1 aromatic carbocycles. The third kappa shape index (κ3) is 2.94. The van der Waals surface area contributed by atoms with Crippen molar-refractivity contribution < 1.29 is 4.74 Å². The first-order chi connectivity index (χ1) is 9.67. The summed E-state index contributed by atoms with van der Waals surface area (Å²) in [6.07, 6.45) is 0. The normalized spacial score (nSPS) is 10.2. The van der Waals surface area contributed by atoms with Gasteiger partial charge in [0.25, 0.3) is 0 Å².